The molecule has 0 atom stereocenters. The van der Waals surface area contributed by atoms with Crippen LogP contribution in [0.3, 0.4) is 0 Å². The fourth-order valence-electron chi connectivity index (χ4n) is 1.01. The lowest BCUT2D eigenvalue weighted by atomic mass is 10.6. The molecule has 0 aromatic carbocycles. The Labute approximate surface area is 98.9 Å². The molecule has 2 aromatic rings. The second-order valence-electron chi connectivity index (χ2n) is 2.72. The molecular formula is C8H8BrN5S. The van der Waals surface area contributed by atoms with Crippen LogP contribution in [-0.2, 0) is 6.54 Å². The molecule has 0 aliphatic heterocycles. The summed E-state index contributed by atoms with van der Waals surface area (Å²) in [6.45, 7) is 0.605. The first kappa shape index (κ1) is 10.3. The molecule has 0 amide bonds. The Morgan fingerprint density at radius 2 is 2.33 bits per heavy atom. The predicted octanol–water partition coefficient (Wildman–Crippen LogP) is 1.89. The third-order valence-corrected chi connectivity index (χ3v) is 2.78. The van der Waals surface area contributed by atoms with Gasteiger partial charge in [-0.2, -0.15) is 4.98 Å². The van der Waals surface area contributed by atoms with E-state index in [1.165, 1.54) is 0 Å². The Hall–Kier alpha value is -1.21. The molecule has 0 spiro atoms. The van der Waals surface area contributed by atoms with Gasteiger partial charge in [-0.05, 0) is 15.9 Å². The van der Waals surface area contributed by atoms with E-state index in [0.717, 1.165) is 5.01 Å². The van der Waals surface area contributed by atoms with Crippen molar-refractivity contribution in [2.75, 3.05) is 11.1 Å². The largest absolute Gasteiger partial charge is 0.383 e. The van der Waals surface area contributed by atoms with Gasteiger partial charge in [0.1, 0.15) is 15.4 Å². The molecule has 3 N–H and O–H groups in total. The van der Waals surface area contributed by atoms with Crippen molar-refractivity contribution in [3.05, 3.63) is 27.3 Å². The second kappa shape index (κ2) is 4.54. The lowest BCUT2D eigenvalue weighted by molar-refractivity contribution is 1.03. The smallest absolute Gasteiger partial charge is 0.226 e. The topological polar surface area (TPSA) is 76.7 Å². The van der Waals surface area contributed by atoms with Crippen LogP contribution in [0.15, 0.2) is 22.2 Å². The highest BCUT2D eigenvalue weighted by molar-refractivity contribution is 9.10. The van der Waals surface area contributed by atoms with E-state index in [2.05, 4.69) is 36.2 Å². The van der Waals surface area contributed by atoms with Crippen molar-refractivity contribution in [2.24, 2.45) is 0 Å². The van der Waals surface area contributed by atoms with Gasteiger partial charge < -0.3 is 11.1 Å². The van der Waals surface area contributed by atoms with Gasteiger partial charge in [-0.3, -0.25) is 0 Å². The van der Waals surface area contributed by atoms with Crippen molar-refractivity contribution in [3.63, 3.8) is 0 Å². The first-order valence-electron chi connectivity index (χ1n) is 4.16. The van der Waals surface area contributed by atoms with Crippen LogP contribution in [0.1, 0.15) is 5.01 Å². The molecule has 5 nitrogen and oxygen atoms in total. The Bertz CT molecular complexity index is 424. The van der Waals surface area contributed by atoms with Crippen molar-refractivity contribution in [1.82, 2.24) is 15.0 Å². The lowest BCUT2D eigenvalue weighted by Gasteiger charge is -2.03. The Kier molecular flexibility index (Phi) is 3.12. The molecule has 0 radical (unpaired) electrons. The van der Waals surface area contributed by atoms with E-state index in [-0.39, 0.29) is 0 Å². The standard InChI is InChI=1S/C8H8BrN5S/c9-5-3-6(10)14-8(13-5)12-4-7-11-1-2-15-7/h1-3H,4H2,(H3,10,12,13,14). The average molecular weight is 286 g/mol. The third-order valence-electron chi connectivity index (χ3n) is 1.60. The summed E-state index contributed by atoms with van der Waals surface area (Å²) in [5.41, 5.74) is 5.57. The van der Waals surface area contributed by atoms with E-state index >= 15 is 0 Å². The average Bonchev–Trinajstić information content (AvgIpc) is 2.65. The molecule has 2 aromatic heterocycles. The molecule has 15 heavy (non-hydrogen) atoms. The highest BCUT2D eigenvalue weighted by Gasteiger charge is 2.01. The summed E-state index contributed by atoms with van der Waals surface area (Å²) in [6.07, 6.45) is 1.76. The van der Waals surface area contributed by atoms with Gasteiger partial charge in [0, 0.05) is 17.6 Å². The van der Waals surface area contributed by atoms with Gasteiger partial charge in [-0.25, -0.2) is 9.97 Å². The summed E-state index contributed by atoms with van der Waals surface area (Å²) in [5.74, 6) is 0.926. The van der Waals surface area contributed by atoms with Crippen LogP contribution < -0.4 is 11.1 Å². The molecule has 0 saturated carbocycles. The monoisotopic (exact) mass is 285 g/mol. The highest BCUT2D eigenvalue weighted by Crippen LogP contribution is 2.13. The number of nitrogens with two attached hydrogens (primary N) is 1. The van der Waals surface area contributed by atoms with Crippen molar-refractivity contribution in [2.45, 2.75) is 6.54 Å². The number of anilines is 2. The predicted molar refractivity (Wildman–Crippen MR) is 63.6 cm³/mol. The number of nitrogen functional groups attached to an aromatic ring is 1. The zero-order valence-electron chi connectivity index (χ0n) is 7.64. The van der Waals surface area contributed by atoms with Crippen LogP contribution in [0.25, 0.3) is 0 Å². The van der Waals surface area contributed by atoms with Gasteiger partial charge in [0.05, 0.1) is 6.54 Å². The third kappa shape index (κ3) is 2.87. The van der Waals surface area contributed by atoms with Gasteiger partial charge in [0.2, 0.25) is 5.95 Å². The molecule has 0 bridgehead atoms. The van der Waals surface area contributed by atoms with Gasteiger partial charge in [-0.1, -0.05) is 0 Å². The molecule has 0 saturated heterocycles. The number of nitrogens with zero attached hydrogens (tertiary/aromatic N) is 3. The Morgan fingerprint density at radius 3 is 3.00 bits per heavy atom. The number of hydrogen-bond acceptors (Lipinski definition) is 6. The van der Waals surface area contributed by atoms with Gasteiger partial charge in [-0.15, -0.1) is 11.3 Å². The summed E-state index contributed by atoms with van der Waals surface area (Å²) < 4.78 is 0.664. The maximum absolute atomic E-state index is 5.57. The number of thiazole rings is 1. The molecule has 2 rings (SSSR count). The van der Waals surface area contributed by atoms with E-state index < -0.39 is 0 Å². The van der Waals surface area contributed by atoms with Crippen LogP contribution in [0.5, 0.6) is 0 Å². The normalized spacial score (nSPS) is 10.2. The van der Waals surface area contributed by atoms with Crippen molar-refractivity contribution < 1.29 is 0 Å². The van der Waals surface area contributed by atoms with Gasteiger partial charge in [0.25, 0.3) is 0 Å². The summed E-state index contributed by atoms with van der Waals surface area (Å²) in [6, 6.07) is 1.65. The summed E-state index contributed by atoms with van der Waals surface area (Å²) in [5, 5.41) is 5.95. The second-order valence-corrected chi connectivity index (χ2v) is 4.51. The van der Waals surface area contributed by atoms with E-state index in [9.17, 15) is 0 Å². The lowest BCUT2D eigenvalue weighted by Crippen LogP contribution is -2.05. The zero-order valence-corrected chi connectivity index (χ0v) is 10.0. The molecule has 2 heterocycles. The molecule has 0 aliphatic rings. The number of aromatic nitrogens is 3. The molecule has 0 aliphatic carbocycles. The van der Waals surface area contributed by atoms with E-state index in [0.29, 0.717) is 22.9 Å². The highest BCUT2D eigenvalue weighted by atomic mass is 79.9. The van der Waals surface area contributed by atoms with Crippen LogP contribution in [-0.4, -0.2) is 15.0 Å². The minimum atomic E-state index is 0.429. The van der Waals surface area contributed by atoms with Crippen molar-refractivity contribution in [1.29, 1.82) is 0 Å². The minimum Gasteiger partial charge on any atom is -0.383 e. The fraction of sp³-hybridized carbons (Fsp3) is 0.125. The van der Waals surface area contributed by atoms with Gasteiger partial charge in [0.15, 0.2) is 0 Å². The fourth-order valence-corrected chi connectivity index (χ4v) is 1.97. The van der Waals surface area contributed by atoms with E-state index in [4.69, 9.17) is 5.73 Å². The number of halogens is 1. The summed E-state index contributed by atoms with van der Waals surface area (Å²) >= 11 is 4.83. The first-order valence-corrected chi connectivity index (χ1v) is 5.83. The minimum absolute atomic E-state index is 0.429. The Balaban J connectivity index is 2.05. The molecule has 0 unspecified atom stereocenters. The van der Waals surface area contributed by atoms with E-state index in [1.807, 2.05) is 5.38 Å². The Morgan fingerprint density at radius 1 is 1.47 bits per heavy atom. The summed E-state index contributed by atoms with van der Waals surface area (Å²) in [4.78, 5) is 12.3. The SMILES string of the molecule is Nc1cc(Br)nc(NCc2nccs2)n1. The van der Waals surface area contributed by atoms with Crippen LogP contribution in [0.4, 0.5) is 11.8 Å². The molecule has 7 heteroatoms. The molecular weight excluding hydrogens is 278 g/mol. The number of hydrogen-bond donors (Lipinski definition) is 2. The number of rotatable bonds is 3. The molecule has 78 valence electrons. The number of nitrogens with one attached hydrogen (secondary N) is 1. The summed E-state index contributed by atoms with van der Waals surface area (Å²) in [7, 11) is 0. The quantitative estimate of drug-likeness (QED) is 0.843. The van der Waals surface area contributed by atoms with Crippen molar-refractivity contribution in [3.8, 4) is 0 Å². The molecule has 0 fully saturated rings. The maximum Gasteiger partial charge on any atom is 0.226 e. The van der Waals surface area contributed by atoms with Gasteiger partial charge >= 0.3 is 0 Å². The van der Waals surface area contributed by atoms with Crippen LogP contribution in [0, 0.1) is 0 Å². The van der Waals surface area contributed by atoms with Crippen LogP contribution in [0.2, 0.25) is 0 Å². The zero-order chi connectivity index (χ0) is 10.7. The maximum atomic E-state index is 5.57. The van der Waals surface area contributed by atoms with E-state index in [1.54, 1.807) is 23.6 Å². The first-order chi connectivity index (χ1) is 7.24. The van der Waals surface area contributed by atoms with Crippen molar-refractivity contribution >= 4 is 39.0 Å². The van der Waals surface area contributed by atoms with Crippen LogP contribution >= 0.6 is 27.3 Å².